The molecule has 1 saturated heterocycles. The summed E-state index contributed by atoms with van der Waals surface area (Å²) in [5, 5.41) is 1.08. The van der Waals surface area contributed by atoms with Crippen molar-refractivity contribution in [3.05, 3.63) is 48.3 Å². The van der Waals surface area contributed by atoms with Gasteiger partial charge >= 0.3 is 0 Å². The fourth-order valence-electron chi connectivity index (χ4n) is 4.30. The van der Waals surface area contributed by atoms with Gasteiger partial charge in [-0.3, -0.25) is 0 Å². The fraction of sp³-hybridized carbons (Fsp3) is 0.409. The predicted octanol–water partition coefficient (Wildman–Crippen LogP) is 4.21. The van der Waals surface area contributed by atoms with Crippen molar-refractivity contribution in [2.45, 2.75) is 31.4 Å². The first-order valence-corrected chi connectivity index (χ1v) is 10.8. The van der Waals surface area contributed by atoms with E-state index in [0.29, 0.717) is 24.0 Å². The average Bonchev–Trinajstić information content (AvgIpc) is 3.17. The van der Waals surface area contributed by atoms with Crippen LogP contribution in [0.1, 0.15) is 19.8 Å². The molecule has 2 aromatic carbocycles. The topological polar surface area (TPSA) is 60.6 Å². The number of hydrogen-bond donors (Lipinski definition) is 1. The summed E-state index contributed by atoms with van der Waals surface area (Å²) in [6, 6.07) is 12.6. The molecule has 0 spiro atoms. The van der Waals surface area contributed by atoms with Crippen LogP contribution in [0.4, 0.5) is 9.52 Å². The van der Waals surface area contributed by atoms with Gasteiger partial charge in [0.15, 0.2) is 22.7 Å². The highest BCUT2D eigenvalue weighted by molar-refractivity contribution is 7.22. The maximum atomic E-state index is 13.4. The van der Waals surface area contributed by atoms with Gasteiger partial charge in [0.1, 0.15) is 12.4 Å². The SMILES string of the molecule is CC(N)(C1CCN(c2nc3ccccc3s2)CC1)C1COc2cc(F)ccc2O1. The molecule has 0 aliphatic carbocycles. The lowest BCUT2D eigenvalue weighted by molar-refractivity contribution is 0.00913. The summed E-state index contributed by atoms with van der Waals surface area (Å²) in [7, 11) is 0. The maximum absolute atomic E-state index is 13.4. The first-order chi connectivity index (χ1) is 14.0. The van der Waals surface area contributed by atoms with Crippen molar-refractivity contribution in [2.24, 2.45) is 11.7 Å². The molecule has 1 aromatic heterocycles. The Hall–Kier alpha value is -2.38. The number of nitrogens with zero attached hydrogens (tertiary/aromatic N) is 2. The highest BCUT2D eigenvalue weighted by Crippen LogP contribution is 2.39. The summed E-state index contributed by atoms with van der Waals surface area (Å²) < 4.78 is 26.5. The highest BCUT2D eigenvalue weighted by Gasteiger charge is 2.43. The Morgan fingerprint density at radius 3 is 2.76 bits per heavy atom. The first-order valence-electron chi connectivity index (χ1n) is 9.99. The second kappa shape index (κ2) is 7.15. The van der Waals surface area contributed by atoms with Crippen LogP contribution in [-0.2, 0) is 0 Å². The number of hydrogen-bond acceptors (Lipinski definition) is 6. The monoisotopic (exact) mass is 413 g/mol. The lowest BCUT2D eigenvalue weighted by Gasteiger charge is -2.45. The zero-order chi connectivity index (χ0) is 20.0. The molecule has 5 nitrogen and oxygen atoms in total. The second-order valence-corrected chi connectivity index (χ2v) is 9.11. The zero-order valence-corrected chi connectivity index (χ0v) is 17.1. The van der Waals surface area contributed by atoms with Crippen molar-refractivity contribution in [1.29, 1.82) is 0 Å². The Kier molecular flexibility index (Phi) is 4.59. The number of ether oxygens (including phenoxy) is 2. The van der Waals surface area contributed by atoms with Crippen molar-refractivity contribution in [1.82, 2.24) is 4.98 Å². The molecule has 2 aliphatic rings. The number of nitrogens with two attached hydrogens (primary N) is 1. The highest BCUT2D eigenvalue weighted by atomic mass is 32.1. The Morgan fingerprint density at radius 1 is 1.17 bits per heavy atom. The van der Waals surface area contributed by atoms with Gasteiger partial charge in [-0.15, -0.1) is 0 Å². The minimum Gasteiger partial charge on any atom is -0.486 e. The van der Waals surface area contributed by atoms with Crippen molar-refractivity contribution in [3.8, 4) is 11.5 Å². The molecule has 3 heterocycles. The number of benzene rings is 2. The molecule has 5 rings (SSSR count). The summed E-state index contributed by atoms with van der Waals surface area (Å²) in [4.78, 5) is 7.14. The van der Waals surface area contributed by atoms with E-state index in [9.17, 15) is 4.39 Å². The Bertz CT molecular complexity index is 997. The number of halogens is 1. The van der Waals surface area contributed by atoms with Crippen LogP contribution in [0.15, 0.2) is 42.5 Å². The van der Waals surface area contributed by atoms with E-state index in [1.165, 1.54) is 16.8 Å². The quantitative estimate of drug-likeness (QED) is 0.697. The van der Waals surface area contributed by atoms with Gasteiger partial charge in [0.05, 0.1) is 15.8 Å². The molecule has 0 saturated carbocycles. The van der Waals surface area contributed by atoms with Crippen LogP contribution in [0, 0.1) is 11.7 Å². The van der Waals surface area contributed by atoms with Crippen molar-refractivity contribution >= 4 is 26.7 Å². The first kappa shape index (κ1) is 18.6. The zero-order valence-electron chi connectivity index (χ0n) is 16.3. The summed E-state index contributed by atoms with van der Waals surface area (Å²) in [6.07, 6.45) is 1.68. The van der Waals surface area contributed by atoms with Gasteiger partial charge in [0, 0.05) is 19.2 Å². The smallest absolute Gasteiger partial charge is 0.186 e. The van der Waals surface area contributed by atoms with Crippen molar-refractivity contribution in [2.75, 3.05) is 24.6 Å². The van der Waals surface area contributed by atoms with E-state index < -0.39 is 5.54 Å². The van der Waals surface area contributed by atoms with Crippen LogP contribution in [0.2, 0.25) is 0 Å². The normalized spacial score (nSPS) is 21.9. The fourth-order valence-corrected chi connectivity index (χ4v) is 5.32. The van der Waals surface area contributed by atoms with Gasteiger partial charge in [0.25, 0.3) is 0 Å². The molecular formula is C22H24FN3O2S. The third-order valence-corrected chi connectivity index (χ3v) is 7.28. The standard InChI is InChI=1S/C22H24FN3O2S/c1-22(24,20-13-27-18-12-15(23)6-7-17(18)28-20)14-8-10-26(11-9-14)21-25-16-4-2-3-5-19(16)29-21/h2-7,12,14,20H,8-11,13,24H2,1H3. The molecule has 2 N–H and O–H groups in total. The predicted molar refractivity (Wildman–Crippen MR) is 113 cm³/mol. The molecule has 152 valence electrons. The van der Waals surface area contributed by atoms with E-state index in [4.69, 9.17) is 20.2 Å². The molecular weight excluding hydrogens is 389 g/mol. The lowest BCUT2D eigenvalue weighted by Crippen LogP contribution is -2.61. The van der Waals surface area contributed by atoms with Crippen LogP contribution in [-0.4, -0.2) is 36.3 Å². The molecule has 0 amide bonds. The van der Waals surface area contributed by atoms with E-state index >= 15 is 0 Å². The minimum absolute atomic E-state index is 0.264. The minimum atomic E-state index is -0.536. The summed E-state index contributed by atoms with van der Waals surface area (Å²) in [5.74, 6) is 0.987. The van der Waals surface area contributed by atoms with Crippen LogP contribution < -0.4 is 20.1 Å². The maximum Gasteiger partial charge on any atom is 0.186 e. The van der Waals surface area contributed by atoms with Gasteiger partial charge in [0.2, 0.25) is 0 Å². The van der Waals surface area contributed by atoms with Crippen LogP contribution in [0.3, 0.4) is 0 Å². The van der Waals surface area contributed by atoms with Gasteiger partial charge in [-0.1, -0.05) is 23.5 Å². The summed E-state index contributed by atoms with van der Waals surface area (Å²) >= 11 is 1.74. The van der Waals surface area contributed by atoms with Crippen molar-refractivity contribution < 1.29 is 13.9 Å². The molecule has 7 heteroatoms. The van der Waals surface area contributed by atoms with Crippen LogP contribution in [0.5, 0.6) is 11.5 Å². The second-order valence-electron chi connectivity index (χ2n) is 8.10. The van der Waals surface area contributed by atoms with E-state index in [-0.39, 0.29) is 11.9 Å². The number of rotatable bonds is 3. The van der Waals surface area contributed by atoms with E-state index in [0.717, 1.165) is 36.6 Å². The Balaban J connectivity index is 1.26. The molecule has 2 atom stereocenters. The Morgan fingerprint density at radius 2 is 1.97 bits per heavy atom. The number of fused-ring (bicyclic) bond motifs is 2. The van der Waals surface area contributed by atoms with Gasteiger partial charge in [-0.05, 0) is 49.9 Å². The largest absolute Gasteiger partial charge is 0.486 e. The molecule has 3 aromatic rings. The van der Waals surface area contributed by atoms with Crippen LogP contribution >= 0.6 is 11.3 Å². The third kappa shape index (κ3) is 3.42. The summed E-state index contributed by atoms with van der Waals surface area (Å²) in [6.45, 7) is 4.23. The van der Waals surface area contributed by atoms with Crippen LogP contribution in [0.25, 0.3) is 10.2 Å². The van der Waals surface area contributed by atoms with Crippen molar-refractivity contribution in [3.63, 3.8) is 0 Å². The van der Waals surface area contributed by atoms with E-state index in [2.05, 4.69) is 23.1 Å². The molecule has 0 bridgehead atoms. The number of thiazole rings is 1. The number of para-hydroxylation sites is 1. The molecule has 1 fully saturated rings. The third-order valence-electron chi connectivity index (χ3n) is 6.19. The number of anilines is 1. The van der Waals surface area contributed by atoms with Gasteiger partial charge < -0.3 is 20.1 Å². The molecule has 2 unspecified atom stereocenters. The molecule has 29 heavy (non-hydrogen) atoms. The van der Waals surface area contributed by atoms with Gasteiger partial charge in [-0.25, -0.2) is 9.37 Å². The average molecular weight is 414 g/mol. The van der Waals surface area contributed by atoms with E-state index in [1.807, 2.05) is 13.0 Å². The van der Waals surface area contributed by atoms with E-state index in [1.54, 1.807) is 17.4 Å². The molecule has 0 radical (unpaired) electrons. The number of aromatic nitrogens is 1. The lowest BCUT2D eigenvalue weighted by atomic mass is 9.76. The Labute approximate surface area is 173 Å². The number of piperidine rings is 1. The van der Waals surface area contributed by atoms with Gasteiger partial charge in [-0.2, -0.15) is 0 Å². The molecule has 2 aliphatic heterocycles. The summed E-state index contributed by atoms with van der Waals surface area (Å²) in [5.41, 5.74) is 7.31.